The summed E-state index contributed by atoms with van der Waals surface area (Å²) in [5.41, 5.74) is 0.483. The number of esters is 1. The van der Waals surface area contributed by atoms with E-state index in [0.29, 0.717) is 11.4 Å². The summed E-state index contributed by atoms with van der Waals surface area (Å²) in [6, 6.07) is 7.55. The molecule has 2 aromatic rings. The van der Waals surface area contributed by atoms with E-state index in [4.69, 9.17) is 9.15 Å². The van der Waals surface area contributed by atoms with Gasteiger partial charge in [0.1, 0.15) is 5.76 Å². The van der Waals surface area contributed by atoms with Gasteiger partial charge in [0.05, 0.1) is 29.0 Å². The number of nitro benzene ring substituents is 1. The molecule has 1 aromatic carbocycles. The number of ether oxygens (including phenoxy) is 1. The van der Waals surface area contributed by atoms with E-state index in [1.807, 2.05) is 4.90 Å². The standard InChI is InChI=1S/C19H21N3O6/c23-18(20-12-15-5-4-10-27-15)13-28-19(24)16-11-14(22(25)26)6-7-17(16)21-8-2-1-3-9-21/h4-7,10-11H,1-3,8-9,12-13H2,(H,20,23). The number of piperidine rings is 1. The molecule has 1 N–H and O–H groups in total. The SMILES string of the molecule is O=C(COC(=O)c1cc([N+](=O)[O-])ccc1N1CCCCC1)NCc1ccco1. The van der Waals surface area contributed by atoms with Gasteiger partial charge >= 0.3 is 5.97 Å². The normalized spacial score (nSPS) is 13.8. The van der Waals surface area contributed by atoms with Crippen LogP contribution in [0, 0.1) is 10.1 Å². The van der Waals surface area contributed by atoms with Crippen molar-refractivity contribution in [2.24, 2.45) is 0 Å². The summed E-state index contributed by atoms with van der Waals surface area (Å²) >= 11 is 0. The van der Waals surface area contributed by atoms with Gasteiger partial charge in [0.25, 0.3) is 11.6 Å². The summed E-state index contributed by atoms with van der Waals surface area (Å²) < 4.78 is 10.2. The molecule has 9 nitrogen and oxygen atoms in total. The number of hydrogen-bond acceptors (Lipinski definition) is 7. The molecule has 9 heteroatoms. The maximum Gasteiger partial charge on any atom is 0.341 e. The molecule has 0 unspecified atom stereocenters. The lowest BCUT2D eigenvalue weighted by Crippen LogP contribution is -2.32. The molecule has 0 atom stereocenters. The molecule has 0 bridgehead atoms. The minimum atomic E-state index is -0.766. The summed E-state index contributed by atoms with van der Waals surface area (Å²) in [6.07, 6.45) is 4.58. The molecule has 1 aliphatic rings. The highest BCUT2D eigenvalue weighted by Gasteiger charge is 2.23. The molecule has 1 aromatic heterocycles. The molecular formula is C19H21N3O6. The first-order valence-corrected chi connectivity index (χ1v) is 9.04. The fourth-order valence-corrected chi connectivity index (χ4v) is 3.07. The van der Waals surface area contributed by atoms with E-state index in [0.717, 1.165) is 32.4 Å². The Labute approximate surface area is 161 Å². The van der Waals surface area contributed by atoms with Crippen LogP contribution in [-0.4, -0.2) is 36.5 Å². The molecule has 1 saturated heterocycles. The number of hydrogen-bond donors (Lipinski definition) is 1. The Bertz CT molecular complexity index is 843. The van der Waals surface area contributed by atoms with Crippen LogP contribution in [0.25, 0.3) is 0 Å². The third kappa shape index (κ3) is 4.87. The highest BCUT2D eigenvalue weighted by atomic mass is 16.6. The van der Waals surface area contributed by atoms with Crippen molar-refractivity contribution in [2.75, 3.05) is 24.6 Å². The van der Waals surface area contributed by atoms with E-state index in [-0.39, 0.29) is 17.8 Å². The Morgan fingerprint density at radius 2 is 2.00 bits per heavy atom. The smallest absolute Gasteiger partial charge is 0.341 e. The first-order chi connectivity index (χ1) is 13.5. The molecule has 28 heavy (non-hydrogen) atoms. The van der Waals surface area contributed by atoms with Crippen molar-refractivity contribution in [1.82, 2.24) is 5.32 Å². The number of rotatable bonds is 7. The number of furan rings is 1. The molecule has 148 valence electrons. The van der Waals surface area contributed by atoms with E-state index in [9.17, 15) is 19.7 Å². The van der Waals surface area contributed by atoms with Gasteiger partial charge in [-0.2, -0.15) is 0 Å². The second kappa shape index (κ2) is 9.03. The van der Waals surface area contributed by atoms with Gasteiger partial charge in [-0.1, -0.05) is 0 Å². The van der Waals surface area contributed by atoms with Crippen molar-refractivity contribution in [1.29, 1.82) is 0 Å². The van der Waals surface area contributed by atoms with Crippen molar-refractivity contribution in [3.05, 3.63) is 58.0 Å². The lowest BCUT2D eigenvalue weighted by Gasteiger charge is -2.30. The first kappa shape index (κ1) is 19.4. The Hall–Kier alpha value is -3.36. The third-order valence-electron chi connectivity index (χ3n) is 4.48. The van der Waals surface area contributed by atoms with Gasteiger partial charge in [0.2, 0.25) is 0 Å². The second-order valence-corrected chi connectivity index (χ2v) is 6.44. The quantitative estimate of drug-likeness (QED) is 0.441. The monoisotopic (exact) mass is 387 g/mol. The van der Waals surface area contributed by atoms with E-state index >= 15 is 0 Å². The number of nitro groups is 1. The molecular weight excluding hydrogens is 366 g/mol. The van der Waals surface area contributed by atoms with Crippen LogP contribution >= 0.6 is 0 Å². The highest BCUT2D eigenvalue weighted by molar-refractivity contribution is 5.97. The Balaban J connectivity index is 1.67. The average Bonchev–Trinajstić information content (AvgIpc) is 3.24. The Morgan fingerprint density at radius 3 is 2.68 bits per heavy atom. The van der Waals surface area contributed by atoms with Crippen LogP contribution in [0.3, 0.4) is 0 Å². The maximum atomic E-state index is 12.6. The predicted molar refractivity (Wildman–Crippen MR) is 100.0 cm³/mol. The molecule has 1 amide bonds. The number of carbonyl (C=O) groups is 2. The third-order valence-corrected chi connectivity index (χ3v) is 4.48. The number of carbonyl (C=O) groups excluding carboxylic acids is 2. The van der Waals surface area contributed by atoms with Gasteiger partial charge in [-0.15, -0.1) is 0 Å². The minimum Gasteiger partial charge on any atom is -0.467 e. The van der Waals surface area contributed by atoms with E-state index in [1.54, 1.807) is 18.2 Å². The zero-order valence-corrected chi connectivity index (χ0v) is 15.3. The van der Waals surface area contributed by atoms with Gasteiger partial charge in [0.15, 0.2) is 6.61 Å². The molecule has 3 rings (SSSR count). The summed E-state index contributed by atoms with van der Waals surface area (Å²) in [5, 5.41) is 13.7. The number of amides is 1. The number of benzene rings is 1. The number of anilines is 1. The zero-order valence-electron chi connectivity index (χ0n) is 15.3. The summed E-state index contributed by atoms with van der Waals surface area (Å²) in [5.74, 6) is -0.683. The topological polar surface area (TPSA) is 115 Å². The molecule has 2 heterocycles. The molecule has 0 saturated carbocycles. The van der Waals surface area contributed by atoms with E-state index in [2.05, 4.69) is 5.32 Å². The fourth-order valence-electron chi connectivity index (χ4n) is 3.07. The largest absolute Gasteiger partial charge is 0.467 e. The van der Waals surface area contributed by atoms with Crippen LogP contribution in [0.5, 0.6) is 0 Å². The van der Waals surface area contributed by atoms with Gasteiger partial charge in [0, 0.05) is 25.2 Å². The van der Waals surface area contributed by atoms with Crippen molar-refractivity contribution < 1.29 is 23.7 Å². The van der Waals surface area contributed by atoms with Crippen molar-refractivity contribution in [3.8, 4) is 0 Å². The fraction of sp³-hybridized carbons (Fsp3) is 0.368. The van der Waals surface area contributed by atoms with Crippen LogP contribution in [0.2, 0.25) is 0 Å². The first-order valence-electron chi connectivity index (χ1n) is 9.04. The summed E-state index contributed by atoms with van der Waals surface area (Å²) in [7, 11) is 0. The van der Waals surface area contributed by atoms with Crippen molar-refractivity contribution in [2.45, 2.75) is 25.8 Å². The van der Waals surface area contributed by atoms with Gasteiger partial charge in [-0.25, -0.2) is 4.79 Å². The number of non-ortho nitro benzene ring substituents is 1. The van der Waals surface area contributed by atoms with Gasteiger partial charge in [-0.05, 0) is 37.5 Å². The lowest BCUT2D eigenvalue weighted by atomic mass is 10.1. The summed E-state index contributed by atoms with van der Waals surface area (Å²) in [6.45, 7) is 1.23. The molecule has 0 aliphatic carbocycles. The number of nitrogens with one attached hydrogen (secondary N) is 1. The van der Waals surface area contributed by atoms with Crippen LogP contribution < -0.4 is 10.2 Å². The van der Waals surface area contributed by atoms with Gasteiger partial charge < -0.3 is 19.4 Å². The van der Waals surface area contributed by atoms with Gasteiger partial charge in [-0.3, -0.25) is 14.9 Å². The molecule has 0 spiro atoms. The minimum absolute atomic E-state index is 0.0925. The molecule has 1 fully saturated rings. The van der Waals surface area contributed by atoms with E-state index < -0.39 is 23.4 Å². The van der Waals surface area contributed by atoms with Crippen LogP contribution in [0.4, 0.5) is 11.4 Å². The molecule has 0 radical (unpaired) electrons. The lowest BCUT2D eigenvalue weighted by molar-refractivity contribution is -0.384. The van der Waals surface area contributed by atoms with Crippen LogP contribution in [0.1, 0.15) is 35.4 Å². The zero-order chi connectivity index (χ0) is 19.9. The second-order valence-electron chi connectivity index (χ2n) is 6.44. The summed E-state index contributed by atoms with van der Waals surface area (Å²) in [4.78, 5) is 37.0. The van der Waals surface area contributed by atoms with Crippen LogP contribution in [0.15, 0.2) is 41.0 Å². The maximum absolute atomic E-state index is 12.6. The average molecular weight is 387 g/mol. The predicted octanol–water partition coefficient (Wildman–Crippen LogP) is 2.65. The Morgan fingerprint density at radius 1 is 1.21 bits per heavy atom. The Kier molecular flexibility index (Phi) is 6.25. The van der Waals surface area contributed by atoms with Crippen molar-refractivity contribution >= 4 is 23.3 Å². The van der Waals surface area contributed by atoms with Crippen molar-refractivity contribution in [3.63, 3.8) is 0 Å². The van der Waals surface area contributed by atoms with Crippen LogP contribution in [-0.2, 0) is 16.1 Å². The highest BCUT2D eigenvalue weighted by Crippen LogP contribution is 2.28. The van der Waals surface area contributed by atoms with E-state index in [1.165, 1.54) is 18.4 Å². The molecule has 1 aliphatic heterocycles. The number of nitrogens with zero attached hydrogens (tertiary/aromatic N) is 2.